The van der Waals surface area contributed by atoms with E-state index in [2.05, 4.69) is 25.4 Å². The van der Waals surface area contributed by atoms with Crippen LogP contribution in [0.5, 0.6) is 0 Å². The van der Waals surface area contributed by atoms with Gasteiger partial charge in [0.2, 0.25) is 0 Å². The molecule has 0 bridgehead atoms. The topological polar surface area (TPSA) is 58.2 Å². The summed E-state index contributed by atoms with van der Waals surface area (Å²) in [5, 5.41) is 0. The zero-order chi connectivity index (χ0) is 11.8. The molecule has 0 heterocycles. The Hall–Kier alpha value is -0.590. The Morgan fingerprint density at radius 2 is 2.06 bits per heavy atom. The minimum Gasteiger partial charge on any atom is -0.271 e. The van der Waals surface area contributed by atoms with Crippen molar-refractivity contribution in [1.29, 1.82) is 0 Å². The van der Waals surface area contributed by atoms with Crippen LogP contribution in [0.1, 0.15) is 18.4 Å². The summed E-state index contributed by atoms with van der Waals surface area (Å²) in [6.45, 7) is 1.86. The van der Waals surface area contributed by atoms with Crippen LogP contribution < -0.4 is 9.44 Å². The van der Waals surface area contributed by atoms with E-state index in [1.807, 2.05) is 19.1 Å². The highest BCUT2D eigenvalue weighted by atomic mass is 79.9. The van der Waals surface area contributed by atoms with Gasteiger partial charge in [0.05, 0.1) is 5.69 Å². The fourth-order valence-electron chi connectivity index (χ4n) is 1.30. The largest absolute Gasteiger partial charge is 0.299 e. The highest BCUT2D eigenvalue weighted by molar-refractivity contribution is 9.10. The van der Waals surface area contributed by atoms with E-state index in [0.717, 1.165) is 22.9 Å². The second-order valence-electron chi connectivity index (χ2n) is 3.96. The second-order valence-corrected chi connectivity index (χ2v) is 6.32. The van der Waals surface area contributed by atoms with Gasteiger partial charge in [-0.25, -0.2) is 0 Å². The van der Waals surface area contributed by atoms with E-state index in [4.69, 9.17) is 0 Å². The summed E-state index contributed by atoms with van der Waals surface area (Å²) in [6.07, 6.45) is 1.86. The van der Waals surface area contributed by atoms with E-state index in [0.29, 0.717) is 5.69 Å². The monoisotopic (exact) mass is 304 g/mol. The predicted octanol–water partition coefficient (Wildman–Crippen LogP) is 2.17. The zero-order valence-electron chi connectivity index (χ0n) is 8.83. The van der Waals surface area contributed by atoms with Gasteiger partial charge in [-0.3, -0.25) is 4.72 Å². The maximum Gasteiger partial charge on any atom is 0.299 e. The van der Waals surface area contributed by atoms with E-state index >= 15 is 0 Å². The molecule has 0 amide bonds. The first kappa shape index (κ1) is 11.9. The van der Waals surface area contributed by atoms with Crippen LogP contribution in [-0.4, -0.2) is 14.5 Å². The summed E-state index contributed by atoms with van der Waals surface area (Å²) < 4.78 is 29.3. The lowest BCUT2D eigenvalue weighted by molar-refractivity contribution is 0.586. The summed E-state index contributed by atoms with van der Waals surface area (Å²) in [6, 6.07) is 5.60. The molecule has 0 aromatic heterocycles. The van der Waals surface area contributed by atoms with Crippen molar-refractivity contribution >= 4 is 31.8 Å². The lowest BCUT2D eigenvalue weighted by atomic mass is 10.2. The molecule has 4 nitrogen and oxygen atoms in total. The Morgan fingerprint density at radius 3 is 2.69 bits per heavy atom. The number of anilines is 1. The molecule has 0 saturated heterocycles. The maximum atomic E-state index is 11.7. The number of hydrogen-bond donors (Lipinski definition) is 2. The van der Waals surface area contributed by atoms with Crippen molar-refractivity contribution in [1.82, 2.24) is 4.72 Å². The third-order valence-corrected chi connectivity index (χ3v) is 3.97. The van der Waals surface area contributed by atoms with Gasteiger partial charge in [-0.1, -0.05) is 22.0 Å². The molecule has 1 saturated carbocycles. The molecular weight excluding hydrogens is 292 g/mol. The Labute approximate surface area is 104 Å². The molecule has 6 heteroatoms. The molecule has 1 aliphatic rings. The smallest absolute Gasteiger partial charge is 0.271 e. The SMILES string of the molecule is Cc1ccc(Br)cc1NS(=O)(=O)NC1CC1. The number of benzene rings is 1. The molecule has 0 radical (unpaired) electrons. The van der Waals surface area contributed by atoms with Gasteiger partial charge >= 0.3 is 0 Å². The molecule has 1 aromatic rings. The first-order chi connectivity index (χ1) is 7.46. The molecule has 88 valence electrons. The number of nitrogens with one attached hydrogen (secondary N) is 2. The van der Waals surface area contributed by atoms with E-state index in [9.17, 15) is 8.42 Å². The normalized spacial score (nSPS) is 16.1. The Balaban J connectivity index is 2.15. The van der Waals surface area contributed by atoms with Crippen molar-refractivity contribution < 1.29 is 8.42 Å². The maximum absolute atomic E-state index is 11.7. The zero-order valence-corrected chi connectivity index (χ0v) is 11.2. The van der Waals surface area contributed by atoms with Gasteiger partial charge in [0.25, 0.3) is 10.2 Å². The van der Waals surface area contributed by atoms with Crippen molar-refractivity contribution in [2.75, 3.05) is 4.72 Å². The van der Waals surface area contributed by atoms with Crippen LogP contribution in [0.2, 0.25) is 0 Å². The number of rotatable bonds is 4. The van der Waals surface area contributed by atoms with Crippen LogP contribution in [-0.2, 0) is 10.2 Å². The quantitative estimate of drug-likeness (QED) is 0.895. The Kier molecular flexibility index (Phi) is 3.23. The van der Waals surface area contributed by atoms with Crippen LogP contribution >= 0.6 is 15.9 Å². The number of aryl methyl sites for hydroxylation is 1. The number of halogens is 1. The fourth-order valence-corrected chi connectivity index (χ4v) is 2.90. The standard InChI is InChI=1S/C10H13BrN2O2S/c1-7-2-3-8(11)6-10(7)13-16(14,15)12-9-4-5-9/h2-3,6,9,12-13H,4-5H2,1H3. The Morgan fingerprint density at radius 1 is 1.38 bits per heavy atom. The second kappa shape index (κ2) is 4.35. The van der Waals surface area contributed by atoms with E-state index in [1.165, 1.54) is 0 Å². The van der Waals surface area contributed by atoms with Crippen LogP contribution in [0.25, 0.3) is 0 Å². The predicted molar refractivity (Wildman–Crippen MR) is 67.6 cm³/mol. The molecule has 0 aliphatic heterocycles. The molecule has 1 aliphatic carbocycles. The highest BCUT2D eigenvalue weighted by Crippen LogP contribution is 2.23. The van der Waals surface area contributed by atoms with Gasteiger partial charge < -0.3 is 0 Å². The average Bonchev–Trinajstić information content (AvgIpc) is 2.94. The van der Waals surface area contributed by atoms with Crippen molar-refractivity contribution in [2.45, 2.75) is 25.8 Å². The molecule has 2 rings (SSSR count). The molecule has 1 fully saturated rings. The van der Waals surface area contributed by atoms with Crippen molar-refractivity contribution in [3.8, 4) is 0 Å². The van der Waals surface area contributed by atoms with Crippen molar-refractivity contribution in [3.05, 3.63) is 28.2 Å². The van der Waals surface area contributed by atoms with Crippen LogP contribution in [0.15, 0.2) is 22.7 Å². The van der Waals surface area contributed by atoms with Crippen LogP contribution in [0.4, 0.5) is 5.69 Å². The molecule has 0 atom stereocenters. The van der Waals surface area contributed by atoms with Crippen molar-refractivity contribution in [2.24, 2.45) is 0 Å². The summed E-state index contributed by atoms with van der Waals surface area (Å²) in [5.41, 5.74) is 1.49. The molecular formula is C10H13BrN2O2S. The molecule has 1 aromatic carbocycles. The van der Waals surface area contributed by atoms with Gasteiger partial charge in [-0.2, -0.15) is 13.1 Å². The lowest BCUT2D eigenvalue weighted by Crippen LogP contribution is -2.31. The summed E-state index contributed by atoms with van der Waals surface area (Å²) >= 11 is 3.31. The first-order valence-corrected chi connectivity index (χ1v) is 7.30. The molecule has 16 heavy (non-hydrogen) atoms. The third kappa shape index (κ3) is 3.20. The minimum atomic E-state index is -3.43. The van der Waals surface area contributed by atoms with Gasteiger partial charge in [0.1, 0.15) is 0 Å². The summed E-state index contributed by atoms with van der Waals surface area (Å²) in [7, 11) is -3.43. The van der Waals surface area contributed by atoms with Gasteiger partial charge in [0.15, 0.2) is 0 Å². The average molecular weight is 305 g/mol. The molecule has 2 N–H and O–H groups in total. The van der Waals surface area contributed by atoms with E-state index < -0.39 is 10.2 Å². The molecule has 0 unspecified atom stereocenters. The minimum absolute atomic E-state index is 0.116. The van der Waals surface area contributed by atoms with Gasteiger partial charge in [0, 0.05) is 10.5 Å². The first-order valence-electron chi connectivity index (χ1n) is 5.02. The molecule has 0 spiro atoms. The lowest BCUT2D eigenvalue weighted by Gasteiger charge is -2.11. The number of hydrogen-bond acceptors (Lipinski definition) is 2. The highest BCUT2D eigenvalue weighted by Gasteiger charge is 2.26. The van der Waals surface area contributed by atoms with Gasteiger partial charge in [-0.05, 0) is 37.5 Å². The van der Waals surface area contributed by atoms with E-state index in [1.54, 1.807) is 6.07 Å². The summed E-state index contributed by atoms with van der Waals surface area (Å²) in [4.78, 5) is 0. The van der Waals surface area contributed by atoms with E-state index in [-0.39, 0.29) is 6.04 Å². The van der Waals surface area contributed by atoms with Gasteiger partial charge in [-0.15, -0.1) is 0 Å². The van der Waals surface area contributed by atoms with Crippen molar-refractivity contribution in [3.63, 3.8) is 0 Å². The third-order valence-electron chi connectivity index (χ3n) is 2.34. The Bertz CT molecular complexity index is 498. The van der Waals surface area contributed by atoms with Crippen LogP contribution in [0, 0.1) is 6.92 Å². The summed E-state index contributed by atoms with van der Waals surface area (Å²) in [5.74, 6) is 0. The fraction of sp³-hybridized carbons (Fsp3) is 0.400. The van der Waals surface area contributed by atoms with Crippen LogP contribution in [0.3, 0.4) is 0 Å².